The van der Waals surface area contributed by atoms with Crippen molar-refractivity contribution in [1.82, 2.24) is 14.9 Å². The van der Waals surface area contributed by atoms with E-state index in [0.29, 0.717) is 21.7 Å². The van der Waals surface area contributed by atoms with Crippen LogP contribution in [0.1, 0.15) is 37.7 Å². The van der Waals surface area contributed by atoms with Crippen LogP contribution in [0.4, 0.5) is 4.79 Å². The molecular formula is C14H14ClN3O3. The van der Waals surface area contributed by atoms with E-state index in [1.165, 1.54) is 0 Å². The molecule has 1 aliphatic carbocycles. The molecule has 2 N–H and O–H groups in total. The monoisotopic (exact) mass is 307 g/mol. The van der Waals surface area contributed by atoms with Crippen LogP contribution in [-0.2, 0) is 0 Å². The van der Waals surface area contributed by atoms with Crippen molar-refractivity contribution in [3.05, 3.63) is 39.4 Å². The number of amides is 1. The van der Waals surface area contributed by atoms with Gasteiger partial charge in [0, 0.05) is 6.04 Å². The lowest BCUT2D eigenvalue weighted by Gasteiger charge is -2.18. The van der Waals surface area contributed by atoms with Crippen LogP contribution in [0.25, 0.3) is 10.9 Å². The summed E-state index contributed by atoms with van der Waals surface area (Å²) in [5, 5.41) is 12.0. The summed E-state index contributed by atoms with van der Waals surface area (Å²) in [6.45, 7) is 1.67. The molecule has 1 atom stereocenters. The van der Waals surface area contributed by atoms with Crippen LogP contribution in [0.3, 0.4) is 0 Å². The molecule has 1 heterocycles. The highest BCUT2D eigenvalue weighted by atomic mass is 35.5. The molecule has 1 aromatic heterocycles. The molecule has 0 saturated heterocycles. The SMILES string of the molecule is CC(NC(=O)O)c1nc2cccc(Cl)c2c(=O)n1C1CC1. The normalized spacial score (nSPS) is 15.9. The van der Waals surface area contributed by atoms with E-state index < -0.39 is 12.1 Å². The molecular weight excluding hydrogens is 294 g/mol. The number of aromatic nitrogens is 2. The zero-order valence-corrected chi connectivity index (χ0v) is 12.1. The summed E-state index contributed by atoms with van der Waals surface area (Å²) < 4.78 is 1.58. The summed E-state index contributed by atoms with van der Waals surface area (Å²) in [7, 11) is 0. The maximum Gasteiger partial charge on any atom is 0.405 e. The number of nitrogens with one attached hydrogen (secondary N) is 1. The molecule has 1 saturated carbocycles. The van der Waals surface area contributed by atoms with E-state index in [0.717, 1.165) is 12.8 Å². The van der Waals surface area contributed by atoms with Crippen LogP contribution in [0.15, 0.2) is 23.0 Å². The molecule has 2 aromatic rings. The van der Waals surface area contributed by atoms with Gasteiger partial charge in [0.25, 0.3) is 5.56 Å². The van der Waals surface area contributed by atoms with E-state index in [-0.39, 0.29) is 11.6 Å². The van der Waals surface area contributed by atoms with Gasteiger partial charge in [-0.3, -0.25) is 9.36 Å². The Morgan fingerprint density at radius 3 is 2.86 bits per heavy atom. The van der Waals surface area contributed by atoms with Crippen molar-refractivity contribution in [2.75, 3.05) is 0 Å². The van der Waals surface area contributed by atoms with Crippen LogP contribution in [0, 0.1) is 0 Å². The van der Waals surface area contributed by atoms with Gasteiger partial charge in [-0.2, -0.15) is 0 Å². The fourth-order valence-corrected chi connectivity index (χ4v) is 2.71. The minimum atomic E-state index is -1.15. The zero-order valence-electron chi connectivity index (χ0n) is 11.3. The van der Waals surface area contributed by atoms with Crippen LogP contribution in [-0.4, -0.2) is 20.8 Å². The van der Waals surface area contributed by atoms with Crippen molar-refractivity contribution in [2.45, 2.75) is 31.8 Å². The predicted molar refractivity (Wildman–Crippen MR) is 78.9 cm³/mol. The summed E-state index contributed by atoms with van der Waals surface area (Å²) in [6, 6.07) is 4.59. The number of fused-ring (bicyclic) bond motifs is 1. The molecule has 6 nitrogen and oxygen atoms in total. The van der Waals surface area contributed by atoms with Gasteiger partial charge in [0.2, 0.25) is 0 Å². The van der Waals surface area contributed by atoms with Gasteiger partial charge in [0.15, 0.2) is 0 Å². The Kier molecular flexibility index (Phi) is 3.33. The second-order valence-electron chi connectivity index (χ2n) is 5.18. The molecule has 0 spiro atoms. The summed E-state index contributed by atoms with van der Waals surface area (Å²) in [6.07, 6.45) is 0.639. The lowest BCUT2D eigenvalue weighted by molar-refractivity contribution is 0.190. The Hall–Kier alpha value is -2.08. The molecule has 0 aliphatic heterocycles. The third-order valence-corrected chi connectivity index (χ3v) is 3.86. The largest absolute Gasteiger partial charge is 0.465 e. The van der Waals surface area contributed by atoms with Gasteiger partial charge in [0.1, 0.15) is 5.82 Å². The smallest absolute Gasteiger partial charge is 0.405 e. The Morgan fingerprint density at radius 1 is 1.52 bits per heavy atom. The van der Waals surface area contributed by atoms with Gasteiger partial charge in [0.05, 0.1) is 22.0 Å². The van der Waals surface area contributed by atoms with E-state index >= 15 is 0 Å². The topological polar surface area (TPSA) is 84.2 Å². The van der Waals surface area contributed by atoms with E-state index in [4.69, 9.17) is 16.7 Å². The fraction of sp³-hybridized carbons (Fsp3) is 0.357. The summed E-state index contributed by atoms with van der Waals surface area (Å²) in [5.41, 5.74) is 0.278. The first kappa shape index (κ1) is 13.9. The van der Waals surface area contributed by atoms with Gasteiger partial charge < -0.3 is 10.4 Å². The zero-order chi connectivity index (χ0) is 15.1. The van der Waals surface area contributed by atoms with Crippen LogP contribution in [0.5, 0.6) is 0 Å². The quantitative estimate of drug-likeness (QED) is 0.913. The summed E-state index contributed by atoms with van der Waals surface area (Å²) >= 11 is 6.11. The van der Waals surface area contributed by atoms with Crippen molar-refractivity contribution < 1.29 is 9.90 Å². The standard InChI is InChI=1S/C14H14ClN3O3/c1-7(16-14(20)21)12-17-10-4-2-3-9(15)11(10)13(19)18(12)8-5-6-8/h2-4,7-8,16H,5-6H2,1H3,(H,20,21). The van der Waals surface area contributed by atoms with Crippen LogP contribution in [0.2, 0.25) is 5.02 Å². The molecule has 0 bridgehead atoms. The third kappa shape index (κ3) is 2.47. The van der Waals surface area contributed by atoms with Crippen molar-refractivity contribution >= 4 is 28.6 Å². The molecule has 1 aromatic carbocycles. The number of halogens is 1. The summed E-state index contributed by atoms with van der Waals surface area (Å²) in [4.78, 5) is 28.0. The minimum Gasteiger partial charge on any atom is -0.465 e. The number of rotatable bonds is 3. The Bertz CT molecular complexity index is 783. The number of carbonyl (C=O) groups is 1. The highest BCUT2D eigenvalue weighted by Crippen LogP contribution is 2.36. The van der Waals surface area contributed by atoms with Gasteiger partial charge in [-0.25, -0.2) is 9.78 Å². The molecule has 1 amide bonds. The molecule has 1 fully saturated rings. The first-order chi connectivity index (χ1) is 9.99. The van der Waals surface area contributed by atoms with E-state index in [2.05, 4.69) is 10.3 Å². The number of carboxylic acid groups (broad SMARTS) is 1. The Labute approximate surface area is 125 Å². The molecule has 1 aliphatic rings. The highest BCUT2D eigenvalue weighted by molar-refractivity contribution is 6.35. The molecule has 110 valence electrons. The number of nitrogens with zero attached hydrogens (tertiary/aromatic N) is 2. The van der Waals surface area contributed by atoms with Gasteiger partial charge in [-0.05, 0) is 31.9 Å². The Balaban J connectivity index is 2.26. The van der Waals surface area contributed by atoms with Crippen molar-refractivity contribution in [3.63, 3.8) is 0 Å². The Morgan fingerprint density at radius 2 is 2.24 bits per heavy atom. The summed E-state index contributed by atoms with van der Waals surface area (Å²) in [5.74, 6) is 0.430. The van der Waals surface area contributed by atoms with Crippen molar-refractivity contribution in [3.8, 4) is 0 Å². The molecule has 21 heavy (non-hydrogen) atoms. The first-order valence-corrected chi connectivity index (χ1v) is 7.07. The first-order valence-electron chi connectivity index (χ1n) is 6.69. The van der Waals surface area contributed by atoms with Crippen molar-refractivity contribution in [2.24, 2.45) is 0 Å². The highest BCUT2D eigenvalue weighted by Gasteiger charge is 2.30. The second-order valence-corrected chi connectivity index (χ2v) is 5.59. The van der Waals surface area contributed by atoms with Crippen LogP contribution >= 0.6 is 11.6 Å². The van der Waals surface area contributed by atoms with Gasteiger partial charge in [-0.15, -0.1) is 0 Å². The number of benzene rings is 1. The van der Waals surface area contributed by atoms with E-state index in [1.807, 2.05) is 0 Å². The maximum absolute atomic E-state index is 12.7. The molecule has 7 heteroatoms. The molecule has 3 rings (SSSR count). The lowest BCUT2D eigenvalue weighted by Crippen LogP contribution is -2.32. The van der Waals surface area contributed by atoms with Crippen molar-refractivity contribution in [1.29, 1.82) is 0 Å². The predicted octanol–water partition coefficient (Wildman–Crippen LogP) is 2.71. The maximum atomic E-state index is 12.7. The van der Waals surface area contributed by atoms with E-state index in [9.17, 15) is 9.59 Å². The van der Waals surface area contributed by atoms with Gasteiger partial charge >= 0.3 is 6.09 Å². The van der Waals surface area contributed by atoms with Crippen LogP contribution < -0.4 is 10.9 Å². The van der Waals surface area contributed by atoms with E-state index in [1.54, 1.807) is 29.7 Å². The molecule has 0 radical (unpaired) electrons. The number of hydrogen-bond acceptors (Lipinski definition) is 3. The molecule has 1 unspecified atom stereocenters. The fourth-order valence-electron chi connectivity index (χ4n) is 2.46. The second kappa shape index (κ2) is 5.04. The average molecular weight is 308 g/mol. The average Bonchev–Trinajstić information content (AvgIpc) is 3.21. The third-order valence-electron chi connectivity index (χ3n) is 3.55. The lowest BCUT2D eigenvalue weighted by atomic mass is 10.2. The van der Waals surface area contributed by atoms with Gasteiger partial charge in [-0.1, -0.05) is 17.7 Å². The number of hydrogen-bond donors (Lipinski definition) is 2. The minimum absolute atomic E-state index is 0.0821.